The number of hydrogen-bond donors (Lipinski definition) is 0. The second kappa shape index (κ2) is 8.55. The van der Waals surface area contributed by atoms with E-state index in [9.17, 15) is 19.2 Å². The summed E-state index contributed by atoms with van der Waals surface area (Å²) in [5.74, 6) is -1.31. The topological polar surface area (TPSA) is 98.1 Å². The number of ether oxygens (including phenoxy) is 1. The minimum atomic E-state index is -0.660. The Balaban J connectivity index is 1.33. The third-order valence-corrected chi connectivity index (χ3v) is 6.59. The van der Waals surface area contributed by atoms with E-state index in [-0.39, 0.29) is 41.1 Å². The van der Waals surface area contributed by atoms with Gasteiger partial charge in [-0.25, -0.2) is 9.78 Å². The Hall–Kier alpha value is -3.33. The second-order valence-electron chi connectivity index (χ2n) is 8.27. The number of aromatic nitrogens is 2. The van der Waals surface area contributed by atoms with Gasteiger partial charge in [-0.15, -0.1) is 0 Å². The highest BCUT2D eigenvalue weighted by atomic mass is 79.9. The number of imide groups is 1. The van der Waals surface area contributed by atoms with Crippen molar-refractivity contribution in [3.05, 3.63) is 79.8 Å². The summed E-state index contributed by atoms with van der Waals surface area (Å²) in [5.41, 5.74) is 1.16. The number of fused-ring (bicyclic) bond motifs is 2. The van der Waals surface area contributed by atoms with Crippen molar-refractivity contribution in [1.82, 2.24) is 14.3 Å². The van der Waals surface area contributed by atoms with Gasteiger partial charge in [0.05, 0.1) is 22.4 Å². The van der Waals surface area contributed by atoms with Crippen LogP contribution in [0.15, 0.2) is 51.9 Å². The van der Waals surface area contributed by atoms with Crippen LogP contribution in [0.5, 0.6) is 0 Å². The Morgan fingerprint density at radius 3 is 2.55 bits per heavy atom. The molecule has 5 rings (SSSR count). The molecule has 1 aliphatic carbocycles. The lowest BCUT2D eigenvalue weighted by atomic mass is 9.94. The van der Waals surface area contributed by atoms with Crippen molar-refractivity contribution in [2.75, 3.05) is 0 Å². The number of rotatable bonds is 4. The molecule has 2 amide bonds. The van der Waals surface area contributed by atoms with Gasteiger partial charge in [0.1, 0.15) is 12.3 Å². The molecule has 9 heteroatoms. The molecule has 0 saturated heterocycles. The van der Waals surface area contributed by atoms with Crippen LogP contribution in [0.2, 0.25) is 0 Å². The predicted octanol–water partition coefficient (Wildman–Crippen LogP) is 3.74. The largest absolute Gasteiger partial charge is 0.456 e. The van der Waals surface area contributed by atoms with Gasteiger partial charge < -0.3 is 4.74 Å². The van der Waals surface area contributed by atoms with Crippen LogP contribution < -0.4 is 5.56 Å². The number of nitrogens with zero attached hydrogens (tertiary/aromatic N) is 3. The van der Waals surface area contributed by atoms with Crippen LogP contribution in [-0.2, 0) is 11.3 Å². The van der Waals surface area contributed by atoms with Crippen molar-refractivity contribution < 1.29 is 19.1 Å². The Morgan fingerprint density at radius 2 is 1.76 bits per heavy atom. The summed E-state index contributed by atoms with van der Waals surface area (Å²) in [6.45, 7) is -0.196. The molecule has 0 spiro atoms. The lowest BCUT2D eigenvalue weighted by molar-refractivity contribution is 0.0467. The summed E-state index contributed by atoms with van der Waals surface area (Å²) >= 11 is 3.31. The number of carbonyl (C=O) groups is 3. The molecule has 1 saturated carbocycles. The van der Waals surface area contributed by atoms with E-state index in [1.165, 1.54) is 33.6 Å². The van der Waals surface area contributed by atoms with Crippen LogP contribution in [0.4, 0.5) is 0 Å². The first-order valence-corrected chi connectivity index (χ1v) is 11.6. The fourth-order valence-corrected chi connectivity index (χ4v) is 4.82. The molecule has 2 aromatic heterocycles. The van der Waals surface area contributed by atoms with Crippen LogP contribution in [-0.4, -0.2) is 38.1 Å². The van der Waals surface area contributed by atoms with Crippen LogP contribution in [0, 0.1) is 0 Å². The van der Waals surface area contributed by atoms with Crippen molar-refractivity contribution >= 4 is 39.4 Å². The summed E-state index contributed by atoms with van der Waals surface area (Å²) in [6, 6.07) is 9.07. The summed E-state index contributed by atoms with van der Waals surface area (Å²) in [6.07, 6.45) is 6.36. The van der Waals surface area contributed by atoms with Gasteiger partial charge in [-0.2, -0.15) is 0 Å². The number of amides is 2. The molecule has 3 aromatic rings. The van der Waals surface area contributed by atoms with Crippen molar-refractivity contribution in [3.8, 4) is 0 Å². The minimum absolute atomic E-state index is 0.0830. The molecule has 0 radical (unpaired) electrons. The maximum Gasteiger partial charge on any atom is 0.338 e. The Morgan fingerprint density at radius 1 is 1.00 bits per heavy atom. The van der Waals surface area contributed by atoms with Gasteiger partial charge >= 0.3 is 5.97 Å². The van der Waals surface area contributed by atoms with E-state index in [2.05, 4.69) is 20.9 Å². The molecule has 3 heterocycles. The minimum Gasteiger partial charge on any atom is -0.456 e. The lowest BCUT2D eigenvalue weighted by Gasteiger charge is -2.29. The van der Waals surface area contributed by atoms with E-state index in [1.54, 1.807) is 18.3 Å². The fourth-order valence-electron chi connectivity index (χ4n) is 4.48. The maximum absolute atomic E-state index is 12.9. The second-order valence-corrected chi connectivity index (χ2v) is 9.19. The zero-order chi connectivity index (χ0) is 23.1. The van der Waals surface area contributed by atoms with Gasteiger partial charge in [0.2, 0.25) is 0 Å². The summed E-state index contributed by atoms with van der Waals surface area (Å²) < 4.78 is 7.46. The molecule has 1 fully saturated rings. The van der Waals surface area contributed by atoms with Crippen molar-refractivity contribution in [3.63, 3.8) is 0 Å². The molecule has 0 bridgehead atoms. The van der Waals surface area contributed by atoms with Gasteiger partial charge in [0.15, 0.2) is 0 Å². The van der Waals surface area contributed by atoms with E-state index in [0.717, 1.165) is 36.6 Å². The molecular weight excluding hydrogens is 490 g/mol. The first-order valence-electron chi connectivity index (χ1n) is 10.8. The van der Waals surface area contributed by atoms with E-state index in [1.807, 2.05) is 0 Å². The molecule has 0 unspecified atom stereocenters. The number of carbonyl (C=O) groups excluding carboxylic acids is 3. The van der Waals surface area contributed by atoms with Gasteiger partial charge in [-0.3, -0.25) is 23.7 Å². The molecule has 0 atom stereocenters. The average molecular weight is 510 g/mol. The molecule has 8 nitrogen and oxygen atoms in total. The van der Waals surface area contributed by atoms with Crippen molar-refractivity contribution in [2.24, 2.45) is 0 Å². The highest BCUT2D eigenvalue weighted by Crippen LogP contribution is 2.31. The Kier molecular flexibility index (Phi) is 5.57. The SMILES string of the molecule is O=C(OCc1cc(=O)n2cc(Br)ccc2n1)c1ccc2c(c1)C(=O)N(C1CCCCC1)C2=O. The average Bonchev–Trinajstić information content (AvgIpc) is 3.08. The van der Waals surface area contributed by atoms with Gasteiger partial charge in [-0.1, -0.05) is 19.3 Å². The number of benzene rings is 1. The molecule has 168 valence electrons. The quantitative estimate of drug-likeness (QED) is 0.392. The highest BCUT2D eigenvalue weighted by molar-refractivity contribution is 9.10. The lowest BCUT2D eigenvalue weighted by Crippen LogP contribution is -2.40. The van der Waals surface area contributed by atoms with Gasteiger partial charge in [0.25, 0.3) is 17.4 Å². The third-order valence-electron chi connectivity index (χ3n) is 6.12. The Bertz CT molecular complexity index is 1360. The fraction of sp³-hybridized carbons (Fsp3) is 0.292. The first kappa shape index (κ1) is 21.5. The van der Waals surface area contributed by atoms with E-state index < -0.39 is 5.97 Å². The molecule has 1 aliphatic heterocycles. The van der Waals surface area contributed by atoms with Crippen LogP contribution in [0.25, 0.3) is 5.65 Å². The maximum atomic E-state index is 12.9. The molecule has 2 aliphatic rings. The summed E-state index contributed by atoms with van der Waals surface area (Å²) in [4.78, 5) is 56.4. The van der Waals surface area contributed by atoms with E-state index in [4.69, 9.17) is 4.74 Å². The number of pyridine rings is 1. The third kappa shape index (κ3) is 3.97. The van der Waals surface area contributed by atoms with Crippen molar-refractivity contribution in [2.45, 2.75) is 44.8 Å². The van der Waals surface area contributed by atoms with E-state index >= 15 is 0 Å². The van der Waals surface area contributed by atoms with Crippen molar-refractivity contribution in [1.29, 1.82) is 0 Å². The predicted molar refractivity (Wildman–Crippen MR) is 122 cm³/mol. The van der Waals surface area contributed by atoms with E-state index in [0.29, 0.717) is 16.9 Å². The van der Waals surface area contributed by atoms with Gasteiger partial charge in [-0.05, 0) is 59.1 Å². The molecule has 33 heavy (non-hydrogen) atoms. The molecule has 0 N–H and O–H groups in total. The van der Waals surface area contributed by atoms with Crippen LogP contribution >= 0.6 is 15.9 Å². The number of halogens is 1. The van der Waals surface area contributed by atoms with Gasteiger partial charge in [0, 0.05) is 22.8 Å². The zero-order valence-electron chi connectivity index (χ0n) is 17.6. The molecule has 1 aromatic carbocycles. The number of esters is 1. The monoisotopic (exact) mass is 509 g/mol. The summed E-state index contributed by atoms with van der Waals surface area (Å²) in [5, 5.41) is 0. The Labute approximate surface area is 197 Å². The zero-order valence-corrected chi connectivity index (χ0v) is 19.2. The normalized spacial score (nSPS) is 16.3. The van der Waals surface area contributed by atoms with Crippen LogP contribution in [0.1, 0.15) is 68.9 Å². The highest BCUT2D eigenvalue weighted by Gasteiger charge is 2.40. The first-order chi connectivity index (χ1) is 15.9. The summed E-state index contributed by atoms with van der Waals surface area (Å²) in [7, 11) is 0. The smallest absolute Gasteiger partial charge is 0.338 e. The standard InChI is InChI=1S/C24H20BrN3O5/c25-15-7-9-20-26-16(11-21(29)27(20)12-15)13-33-24(32)14-6-8-18-19(10-14)23(31)28(22(18)30)17-4-2-1-3-5-17/h6-12,17H,1-5,13H2. The number of hydrogen-bond acceptors (Lipinski definition) is 6. The molecular formula is C24H20BrN3O5. The van der Waals surface area contributed by atoms with Crippen LogP contribution in [0.3, 0.4) is 0 Å².